The molecule has 1 aliphatic heterocycles. The first-order valence-electron chi connectivity index (χ1n) is 9.19. The van der Waals surface area contributed by atoms with Crippen molar-refractivity contribution in [2.45, 2.75) is 18.6 Å². The quantitative estimate of drug-likeness (QED) is 0.305. The minimum absolute atomic E-state index is 0.0152. The van der Waals surface area contributed by atoms with E-state index in [1.165, 1.54) is 24.3 Å². The van der Waals surface area contributed by atoms with Gasteiger partial charge >= 0.3 is 5.97 Å². The van der Waals surface area contributed by atoms with E-state index >= 15 is 0 Å². The number of methoxy groups -OCH3 is 1. The number of carbonyl (C=O) groups excluding carboxylic acids is 2. The first kappa shape index (κ1) is 22.0. The Labute approximate surface area is 182 Å². The van der Waals surface area contributed by atoms with Gasteiger partial charge in [0, 0.05) is 6.42 Å². The van der Waals surface area contributed by atoms with Crippen molar-refractivity contribution >= 4 is 46.1 Å². The van der Waals surface area contributed by atoms with E-state index in [1.54, 1.807) is 26.2 Å². The van der Waals surface area contributed by atoms with Crippen molar-refractivity contribution in [3.8, 4) is 5.75 Å². The molecule has 2 aromatic carbocycles. The van der Waals surface area contributed by atoms with Crippen LogP contribution in [0.1, 0.15) is 29.3 Å². The molecule has 1 fully saturated rings. The maximum atomic E-state index is 12.7. The largest absolute Gasteiger partial charge is 0.497 e. The molecule has 0 aromatic heterocycles. The van der Waals surface area contributed by atoms with E-state index in [0.29, 0.717) is 5.71 Å². The zero-order valence-corrected chi connectivity index (χ0v) is 17.6. The highest BCUT2D eigenvalue weighted by atomic mass is 32.2. The number of thioether (sulfide) groups is 1. The zero-order chi connectivity index (χ0) is 22.5. The zero-order valence-electron chi connectivity index (χ0n) is 16.8. The van der Waals surface area contributed by atoms with Crippen LogP contribution >= 0.6 is 11.8 Å². The van der Waals surface area contributed by atoms with E-state index in [4.69, 9.17) is 15.6 Å². The number of carboxylic acid groups (broad SMARTS) is 1. The molecule has 0 saturated carbocycles. The van der Waals surface area contributed by atoms with Gasteiger partial charge in [-0.05, 0) is 55.0 Å². The normalized spacial score (nSPS) is 17.2. The number of hydrogen-bond acceptors (Lipinski definition) is 7. The highest BCUT2D eigenvalue weighted by Gasteiger charge is 2.40. The Bertz CT molecular complexity index is 1080. The molecule has 3 N–H and O–H groups in total. The van der Waals surface area contributed by atoms with Crippen molar-refractivity contribution in [1.29, 1.82) is 0 Å². The summed E-state index contributed by atoms with van der Waals surface area (Å²) >= 11 is 0.944. The summed E-state index contributed by atoms with van der Waals surface area (Å²) in [5.41, 5.74) is 7.55. The number of hydrogen-bond donors (Lipinski definition) is 2. The molecule has 3 rings (SSSR count). The van der Waals surface area contributed by atoms with Gasteiger partial charge < -0.3 is 15.6 Å². The van der Waals surface area contributed by atoms with Crippen LogP contribution in [0, 0.1) is 0 Å². The van der Waals surface area contributed by atoms with Gasteiger partial charge in [0.1, 0.15) is 11.0 Å². The minimum Gasteiger partial charge on any atom is -0.497 e. The van der Waals surface area contributed by atoms with Crippen molar-refractivity contribution < 1.29 is 24.2 Å². The van der Waals surface area contributed by atoms with Crippen molar-refractivity contribution in [3.05, 3.63) is 59.7 Å². The number of carbonyl (C=O) groups is 3. The van der Waals surface area contributed by atoms with Gasteiger partial charge in [-0.25, -0.2) is 9.69 Å². The Balaban J connectivity index is 1.71. The highest BCUT2D eigenvalue weighted by Crippen LogP contribution is 2.30. The lowest BCUT2D eigenvalue weighted by molar-refractivity contribution is -0.121. The predicted octanol–water partition coefficient (Wildman–Crippen LogP) is 2.50. The third kappa shape index (κ3) is 5.10. The van der Waals surface area contributed by atoms with Crippen LogP contribution in [0.15, 0.2) is 58.7 Å². The van der Waals surface area contributed by atoms with Crippen LogP contribution in [0.4, 0.5) is 5.69 Å². The van der Waals surface area contributed by atoms with Gasteiger partial charge in [-0.2, -0.15) is 5.10 Å². The molecular weight excluding hydrogens is 420 g/mol. The number of amidine groups is 1. The fourth-order valence-corrected chi connectivity index (χ4v) is 3.74. The molecular formula is C21H20N4O5S. The number of ether oxygens (including phenoxy) is 1. The summed E-state index contributed by atoms with van der Waals surface area (Å²) in [4.78, 5) is 37.3. The summed E-state index contributed by atoms with van der Waals surface area (Å²) in [5.74, 6) is -1.34. The Morgan fingerprint density at radius 2 is 1.87 bits per heavy atom. The molecule has 2 amide bonds. The van der Waals surface area contributed by atoms with E-state index < -0.39 is 23.0 Å². The molecule has 10 heteroatoms. The van der Waals surface area contributed by atoms with Crippen LogP contribution in [-0.2, 0) is 9.59 Å². The summed E-state index contributed by atoms with van der Waals surface area (Å²) in [5, 5.41) is 16.4. The fraction of sp³-hybridized carbons (Fsp3) is 0.190. The van der Waals surface area contributed by atoms with Gasteiger partial charge in [0.05, 0.1) is 24.1 Å². The molecule has 1 saturated heterocycles. The first-order chi connectivity index (χ1) is 14.8. The van der Waals surface area contributed by atoms with Crippen molar-refractivity contribution in [1.82, 2.24) is 0 Å². The number of benzene rings is 2. The topological polar surface area (TPSA) is 135 Å². The van der Waals surface area contributed by atoms with Crippen molar-refractivity contribution in [3.63, 3.8) is 0 Å². The fourth-order valence-electron chi connectivity index (χ4n) is 2.93. The van der Waals surface area contributed by atoms with Crippen LogP contribution < -0.4 is 15.4 Å². The predicted molar refractivity (Wildman–Crippen MR) is 119 cm³/mol. The molecule has 1 unspecified atom stereocenters. The number of anilines is 1. The number of imide groups is 1. The third-order valence-corrected chi connectivity index (χ3v) is 5.50. The van der Waals surface area contributed by atoms with Crippen LogP contribution in [0.25, 0.3) is 0 Å². The lowest BCUT2D eigenvalue weighted by Crippen LogP contribution is -2.32. The summed E-state index contributed by atoms with van der Waals surface area (Å²) in [6, 6.07) is 12.9. The summed E-state index contributed by atoms with van der Waals surface area (Å²) < 4.78 is 5.12. The highest BCUT2D eigenvalue weighted by molar-refractivity contribution is 8.14. The Kier molecular flexibility index (Phi) is 6.71. The molecule has 0 radical (unpaired) electrons. The number of amides is 2. The van der Waals surface area contributed by atoms with Crippen LogP contribution in [-0.4, -0.2) is 46.1 Å². The molecule has 0 aliphatic carbocycles. The van der Waals surface area contributed by atoms with Gasteiger partial charge in [-0.1, -0.05) is 17.8 Å². The lowest BCUT2D eigenvalue weighted by Gasteiger charge is -2.15. The molecule has 0 spiro atoms. The Hall–Kier alpha value is -3.66. The van der Waals surface area contributed by atoms with Crippen molar-refractivity contribution in [2.75, 3.05) is 12.0 Å². The smallest absolute Gasteiger partial charge is 0.335 e. The first-order valence-corrected chi connectivity index (χ1v) is 10.1. The molecule has 9 nitrogen and oxygen atoms in total. The molecule has 1 heterocycles. The van der Waals surface area contributed by atoms with E-state index in [9.17, 15) is 14.4 Å². The van der Waals surface area contributed by atoms with E-state index in [-0.39, 0.29) is 22.8 Å². The average Bonchev–Trinajstić information content (AvgIpc) is 3.04. The van der Waals surface area contributed by atoms with Gasteiger partial charge in [0.2, 0.25) is 11.8 Å². The van der Waals surface area contributed by atoms with Crippen LogP contribution in [0.5, 0.6) is 5.75 Å². The molecule has 2 aromatic rings. The Morgan fingerprint density at radius 3 is 2.52 bits per heavy atom. The summed E-state index contributed by atoms with van der Waals surface area (Å²) in [6.07, 6.45) is -0.0712. The van der Waals surface area contributed by atoms with Gasteiger partial charge in [0.25, 0.3) is 0 Å². The van der Waals surface area contributed by atoms with Crippen LogP contribution in [0.3, 0.4) is 0 Å². The standard InChI is InChI=1S/C21H20N4O5S/c1-12(13-6-8-16(30-2)9-7-13)23-24-21(22)31-17-11-18(26)25(19(17)27)15-5-3-4-14(10-15)20(28)29/h3-10,17H,11H2,1-2H3,(H2,22,24)(H,28,29)/b23-12+. The van der Waals surface area contributed by atoms with Crippen molar-refractivity contribution in [2.24, 2.45) is 15.9 Å². The van der Waals surface area contributed by atoms with Gasteiger partial charge in [-0.3, -0.25) is 9.59 Å². The Morgan fingerprint density at radius 1 is 1.16 bits per heavy atom. The maximum absolute atomic E-state index is 12.7. The van der Waals surface area contributed by atoms with E-state index in [2.05, 4.69) is 10.2 Å². The number of nitrogens with two attached hydrogens (primary N) is 1. The summed E-state index contributed by atoms with van der Waals surface area (Å²) in [6.45, 7) is 1.77. The SMILES string of the molecule is COc1ccc(/C(C)=N/N=C(\N)SC2CC(=O)N(c3cccc(C(=O)O)c3)C2=O)cc1. The number of nitrogens with zero attached hydrogens (tertiary/aromatic N) is 3. The molecule has 1 aliphatic rings. The maximum Gasteiger partial charge on any atom is 0.335 e. The summed E-state index contributed by atoms with van der Waals surface area (Å²) in [7, 11) is 1.58. The number of rotatable bonds is 6. The second kappa shape index (κ2) is 9.43. The van der Waals surface area contributed by atoms with Gasteiger partial charge in [0.15, 0.2) is 5.17 Å². The monoisotopic (exact) mass is 440 g/mol. The molecule has 31 heavy (non-hydrogen) atoms. The third-order valence-electron chi connectivity index (χ3n) is 4.53. The molecule has 1 atom stereocenters. The van der Waals surface area contributed by atoms with E-state index in [1.807, 2.05) is 12.1 Å². The minimum atomic E-state index is -1.15. The number of aromatic carboxylic acids is 1. The number of carboxylic acids is 1. The molecule has 0 bridgehead atoms. The second-order valence-electron chi connectivity index (χ2n) is 6.59. The van der Waals surface area contributed by atoms with Gasteiger partial charge in [-0.15, -0.1) is 5.10 Å². The second-order valence-corrected chi connectivity index (χ2v) is 7.81. The van der Waals surface area contributed by atoms with Crippen LogP contribution in [0.2, 0.25) is 0 Å². The average molecular weight is 440 g/mol. The van der Waals surface area contributed by atoms with E-state index in [0.717, 1.165) is 28.0 Å². The lowest BCUT2D eigenvalue weighted by atomic mass is 10.1. The molecule has 160 valence electrons.